The molecule has 6 heteroatoms. The third-order valence-electron chi connectivity index (χ3n) is 1.67. The van der Waals surface area contributed by atoms with E-state index in [0.29, 0.717) is 5.75 Å². The molecule has 1 N–H and O–H groups in total. The predicted molar refractivity (Wildman–Crippen MR) is 58.5 cm³/mol. The lowest BCUT2D eigenvalue weighted by Gasteiger charge is -2.10. The van der Waals surface area contributed by atoms with Gasteiger partial charge in [0.25, 0.3) is 0 Å². The second-order valence-corrected chi connectivity index (χ2v) is 6.80. The Morgan fingerprint density at radius 2 is 2.07 bits per heavy atom. The van der Waals surface area contributed by atoms with E-state index in [1.807, 2.05) is 6.92 Å². The molecular formula is C8H16O4S2. The van der Waals surface area contributed by atoms with E-state index in [1.165, 1.54) is 18.0 Å². The minimum Gasteiger partial charge on any atom is -0.481 e. The molecule has 0 fully saturated rings. The van der Waals surface area contributed by atoms with Gasteiger partial charge in [-0.25, -0.2) is 8.42 Å². The Morgan fingerprint density at radius 3 is 2.43 bits per heavy atom. The molecular weight excluding hydrogens is 224 g/mol. The first-order valence-electron chi connectivity index (χ1n) is 4.36. The fourth-order valence-electron chi connectivity index (χ4n) is 0.882. The summed E-state index contributed by atoms with van der Waals surface area (Å²) >= 11 is 1.42. The fourth-order valence-corrected chi connectivity index (χ4v) is 3.31. The zero-order chi connectivity index (χ0) is 11.2. The number of thioether (sulfide) groups is 1. The van der Waals surface area contributed by atoms with E-state index < -0.39 is 15.8 Å². The van der Waals surface area contributed by atoms with Crippen molar-refractivity contribution in [1.29, 1.82) is 0 Å². The number of carboxylic acid groups (broad SMARTS) is 1. The van der Waals surface area contributed by atoms with Gasteiger partial charge in [-0.3, -0.25) is 4.79 Å². The third kappa shape index (κ3) is 8.37. The van der Waals surface area contributed by atoms with E-state index in [1.54, 1.807) is 0 Å². The van der Waals surface area contributed by atoms with Crippen LogP contribution < -0.4 is 0 Å². The maximum Gasteiger partial charge on any atom is 0.304 e. The van der Waals surface area contributed by atoms with Crippen LogP contribution in [0.3, 0.4) is 0 Å². The van der Waals surface area contributed by atoms with Crippen molar-refractivity contribution in [2.24, 2.45) is 0 Å². The lowest BCUT2D eigenvalue weighted by Crippen LogP contribution is -2.12. The molecule has 0 aromatic carbocycles. The van der Waals surface area contributed by atoms with Crippen LogP contribution in [0.25, 0.3) is 0 Å². The van der Waals surface area contributed by atoms with E-state index in [2.05, 4.69) is 0 Å². The Morgan fingerprint density at radius 1 is 1.50 bits per heavy atom. The highest BCUT2D eigenvalue weighted by atomic mass is 32.2. The van der Waals surface area contributed by atoms with Crippen molar-refractivity contribution in [2.45, 2.75) is 25.0 Å². The van der Waals surface area contributed by atoms with Crippen molar-refractivity contribution >= 4 is 27.6 Å². The molecule has 0 aromatic rings. The Hall–Kier alpha value is -0.230. The molecule has 1 atom stereocenters. The highest BCUT2D eigenvalue weighted by Gasteiger charge is 2.12. The van der Waals surface area contributed by atoms with Crippen molar-refractivity contribution in [1.82, 2.24) is 0 Å². The monoisotopic (exact) mass is 240 g/mol. The lowest BCUT2D eigenvalue weighted by atomic mass is 10.2. The largest absolute Gasteiger partial charge is 0.481 e. The number of hydrogen-bond donors (Lipinski definition) is 1. The zero-order valence-corrected chi connectivity index (χ0v) is 10.0. The molecule has 0 radical (unpaired) electrons. The number of hydrogen-bond acceptors (Lipinski definition) is 4. The SMILES string of the molecule is CCC(CC(=O)O)SCCS(C)(=O)=O. The molecule has 0 saturated carbocycles. The predicted octanol–water partition coefficient (Wildman–Crippen LogP) is 1.02. The summed E-state index contributed by atoms with van der Waals surface area (Å²) in [4.78, 5) is 10.4. The van der Waals surface area contributed by atoms with Crippen LogP contribution in [-0.2, 0) is 14.6 Å². The zero-order valence-electron chi connectivity index (χ0n) is 8.39. The van der Waals surface area contributed by atoms with E-state index in [4.69, 9.17) is 5.11 Å². The van der Waals surface area contributed by atoms with Gasteiger partial charge >= 0.3 is 5.97 Å². The Labute approximate surface area is 89.0 Å². The summed E-state index contributed by atoms with van der Waals surface area (Å²) in [5.74, 6) is -0.234. The number of carbonyl (C=O) groups is 1. The summed E-state index contributed by atoms with van der Waals surface area (Å²) in [5.41, 5.74) is 0. The molecule has 0 saturated heterocycles. The molecule has 84 valence electrons. The normalized spacial score (nSPS) is 13.9. The summed E-state index contributed by atoms with van der Waals surface area (Å²) in [6.07, 6.45) is 2.04. The van der Waals surface area contributed by atoms with Gasteiger partial charge in [0.1, 0.15) is 9.84 Å². The second kappa shape index (κ2) is 6.29. The molecule has 0 rings (SSSR count). The summed E-state index contributed by atoms with van der Waals surface area (Å²) in [5, 5.41) is 8.57. The first kappa shape index (κ1) is 13.8. The molecule has 0 aromatic heterocycles. The van der Waals surface area contributed by atoms with Crippen LogP contribution in [0.5, 0.6) is 0 Å². The molecule has 0 aliphatic heterocycles. The third-order valence-corrected chi connectivity index (χ3v) is 4.28. The van der Waals surface area contributed by atoms with Crippen LogP contribution >= 0.6 is 11.8 Å². The molecule has 0 spiro atoms. The maximum absolute atomic E-state index is 10.8. The lowest BCUT2D eigenvalue weighted by molar-refractivity contribution is -0.136. The van der Waals surface area contributed by atoms with Crippen LogP contribution in [-0.4, -0.2) is 42.5 Å². The standard InChI is InChI=1S/C8H16O4S2/c1-3-7(6-8(9)10)13-4-5-14(2,11)12/h7H,3-6H2,1-2H3,(H,9,10). The van der Waals surface area contributed by atoms with Crippen molar-refractivity contribution in [2.75, 3.05) is 17.8 Å². The molecule has 0 heterocycles. The summed E-state index contributed by atoms with van der Waals surface area (Å²) in [7, 11) is -2.92. The Kier molecular flexibility index (Phi) is 6.19. The quantitative estimate of drug-likeness (QED) is 0.719. The van der Waals surface area contributed by atoms with Gasteiger partial charge in [-0.1, -0.05) is 6.92 Å². The van der Waals surface area contributed by atoms with E-state index in [9.17, 15) is 13.2 Å². The van der Waals surface area contributed by atoms with E-state index in [0.717, 1.165) is 6.42 Å². The second-order valence-electron chi connectivity index (χ2n) is 3.13. The van der Waals surface area contributed by atoms with Gasteiger partial charge in [0, 0.05) is 17.3 Å². The molecule has 14 heavy (non-hydrogen) atoms. The highest BCUT2D eigenvalue weighted by molar-refractivity contribution is 8.01. The fraction of sp³-hybridized carbons (Fsp3) is 0.875. The number of rotatable bonds is 7. The minimum absolute atomic E-state index is 0.0225. The van der Waals surface area contributed by atoms with Crippen molar-refractivity contribution < 1.29 is 18.3 Å². The first-order chi connectivity index (χ1) is 6.35. The topological polar surface area (TPSA) is 71.4 Å². The van der Waals surface area contributed by atoms with Gasteiger partial charge < -0.3 is 5.11 Å². The average molecular weight is 240 g/mol. The first-order valence-corrected chi connectivity index (χ1v) is 7.47. The Bertz CT molecular complexity index is 271. The molecule has 4 nitrogen and oxygen atoms in total. The summed E-state index contributed by atoms with van der Waals surface area (Å²) in [6.45, 7) is 1.90. The van der Waals surface area contributed by atoms with Gasteiger partial charge in [-0.2, -0.15) is 11.8 Å². The average Bonchev–Trinajstić information content (AvgIpc) is 1.99. The maximum atomic E-state index is 10.8. The van der Waals surface area contributed by atoms with Crippen LogP contribution in [0.15, 0.2) is 0 Å². The molecule has 0 aliphatic rings. The Balaban J connectivity index is 3.79. The summed E-state index contributed by atoms with van der Waals surface area (Å²) < 4.78 is 21.6. The minimum atomic E-state index is -2.92. The van der Waals surface area contributed by atoms with E-state index in [-0.39, 0.29) is 17.4 Å². The van der Waals surface area contributed by atoms with Crippen molar-refractivity contribution in [3.63, 3.8) is 0 Å². The number of aliphatic carboxylic acids is 1. The number of carboxylic acids is 1. The van der Waals surface area contributed by atoms with Crippen LogP contribution in [0.2, 0.25) is 0 Å². The van der Waals surface area contributed by atoms with Crippen molar-refractivity contribution in [3.05, 3.63) is 0 Å². The summed E-state index contributed by atoms with van der Waals surface area (Å²) in [6, 6.07) is 0. The van der Waals surface area contributed by atoms with Crippen LogP contribution in [0, 0.1) is 0 Å². The molecule has 0 bridgehead atoms. The van der Waals surface area contributed by atoms with Gasteiger partial charge in [-0.05, 0) is 6.42 Å². The van der Waals surface area contributed by atoms with Crippen molar-refractivity contribution in [3.8, 4) is 0 Å². The van der Waals surface area contributed by atoms with Crippen LogP contribution in [0.4, 0.5) is 0 Å². The molecule has 0 aliphatic carbocycles. The van der Waals surface area contributed by atoms with Crippen LogP contribution in [0.1, 0.15) is 19.8 Å². The van der Waals surface area contributed by atoms with Gasteiger partial charge in [0.15, 0.2) is 0 Å². The van der Waals surface area contributed by atoms with Gasteiger partial charge in [-0.15, -0.1) is 0 Å². The molecule has 1 unspecified atom stereocenters. The molecule has 0 amide bonds. The van der Waals surface area contributed by atoms with E-state index >= 15 is 0 Å². The van der Waals surface area contributed by atoms with Gasteiger partial charge in [0.05, 0.1) is 12.2 Å². The van der Waals surface area contributed by atoms with Gasteiger partial charge in [0.2, 0.25) is 0 Å². The highest BCUT2D eigenvalue weighted by Crippen LogP contribution is 2.18. The smallest absolute Gasteiger partial charge is 0.304 e. The number of sulfone groups is 1.